The lowest BCUT2D eigenvalue weighted by atomic mass is 10.2. The number of methoxy groups -OCH3 is 2. The Kier molecular flexibility index (Phi) is 5.30. The van der Waals surface area contributed by atoms with E-state index in [-0.39, 0.29) is 5.24 Å². The van der Waals surface area contributed by atoms with Gasteiger partial charge in [0.05, 0.1) is 24.6 Å². The molecule has 2 heterocycles. The van der Waals surface area contributed by atoms with E-state index >= 15 is 0 Å². The third kappa shape index (κ3) is 3.99. The largest absolute Gasteiger partial charge is 0.493 e. The third-order valence-electron chi connectivity index (χ3n) is 4.18. The normalized spacial score (nSPS) is 16.3. The topological polar surface area (TPSA) is 97.7 Å². The van der Waals surface area contributed by atoms with Crippen molar-refractivity contribution < 1.29 is 14.3 Å². The molecule has 0 saturated carbocycles. The first-order valence-corrected chi connectivity index (χ1v) is 9.46. The number of nitrogens with zero attached hydrogens (tertiary/aromatic N) is 3. The molecule has 8 nitrogen and oxygen atoms in total. The van der Waals surface area contributed by atoms with Gasteiger partial charge < -0.3 is 9.47 Å². The van der Waals surface area contributed by atoms with Gasteiger partial charge in [-0.1, -0.05) is 18.2 Å². The molecule has 4 rings (SSSR count). The second-order valence-corrected chi connectivity index (χ2v) is 6.96. The van der Waals surface area contributed by atoms with E-state index in [0.29, 0.717) is 28.1 Å². The number of anilines is 1. The summed E-state index contributed by atoms with van der Waals surface area (Å²) in [5.74, 6) is 2.21. The summed E-state index contributed by atoms with van der Waals surface area (Å²) in [6, 6.07) is 13.1. The van der Waals surface area contributed by atoms with Crippen molar-refractivity contribution in [3.05, 3.63) is 59.3 Å². The van der Waals surface area contributed by atoms with Crippen LogP contribution in [0.15, 0.2) is 58.8 Å². The van der Waals surface area contributed by atoms with E-state index in [0.717, 1.165) is 28.2 Å². The van der Waals surface area contributed by atoms with Crippen molar-refractivity contribution in [2.45, 2.75) is 0 Å². The first kappa shape index (κ1) is 18.8. The van der Waals surface area contributed by atoms with Gasteiger partial charge in [-0.25, -0.2) is 9.97 Å². The second-order valence-electron chi connectivity index (χ2n) is 5.95. The van der Waals surface area contributed by atoms with Crippen LogP contribution in [-0.2, 0) is 0 Å². The number of aromatic nitrogens is 2. The van der Waals surface area contributed by atoms with E-state index in [4.69, 9.17) is 9.47 Å². The summed E-state index contributed by atoms with van der Waals surface area (Å²) in [4.78, 5) is 21.1. The van der Waals surface area contributed by atoms with Crippen LogP contribution in [0.25, 0.3) is 17.0 Å². The summed E-state index contributed by atoms with van der Waals surface area (Å²) < 4.78 is 10.6. The van der Waals surface area contributed by atoms with Crippen molar-refractivity contribution in [1.82, 2.24) is 15.3 Å². The van der Waals surface area contributed by atoms with Crippen molar-refractivity contribution in [2.75, 3.05) is 19.6 Å². The molecule has 29 heavy (non-hydrogen) atoms. The average Bonchev–Trinajstić information content (AvgIpc) is 3.10. The number of hydrogen-bond donors (Lipinski definition) is 2. The molecule has 146 valence electrons. The van der Waals surface area contributed by atoms with Crippen molar-refractivity contribution in [2.24, 2.45) is 5.10 Å². The number of para-hydroxylation sites is 1. The molecule has 0 aliphatic carbocycles. The zero-order valence-electron chi connectivity index (χ0n) is 15.7. The van der Waals surface area contributed by atoms with Crippen molar-refractivity contribution >= 4 is 45.6 Å². The molecule has 0 unspecified atom stereocenters. The van der Waals surface area contributed by atoms with Crippen LogP contribution in [0.4, 0.5) is 10.6 Å². The molecular weight excluding hydrogens is 390 g/mol. The molecule has 2 N–H and O–H groups in total. The maximum Gasteiger partial charge on any atom is 0.289 e. The Morgan fingerprint density at radius 3 is 2.76 bits per heavy atom. The minimum absolute atomic E-state index is 0.204. The van der Waals surface area contributed by atoms with Crippen LogP contribution in [0.3, 0.4) is 0 Å². The predicted octanol–water partition coefficient (Wildman–Crippen LogP) is 3.87. The van der Waals surface area contributed by atoms with Gasteiger partial charge in [0, 0.05) is 5.39 Å². The van der Waals surface area contributed by atoms with Crippen LogP contribution in [0.2, 0.25) is 0 Å². The number of carbonyl (C=O) groups excluding carboxylic acids is 1. The molecule has 0 atom stereocenters. The Hall–Kier alpha value is -3.59. The van der Waals surface area contributed by atoms with Crippen LogP contribution < -0.4 is 20.2 Å². The van der Waals surface area contributed by atoms with E-state index in [9.17, 15) is 4.79 Å². The summed E-state index contributed by atoms with van der Waals surface area (Å²) in [7, 11) is 3.16. The fraction of sp³-hybridized carbons (Fsp3) is 0.100. The van der Waals surface area contributed by atoms with E-state index in [1.807, 2.05) is 48.5 Å². The van der Waals surface area contributed by atoms with Crippen LogP contribution >= 0.6 is 11.8 Å². The number of amides is 1. The highest BCUT2D eigenvalue weighted by molar-refractivity contribution is 8.18. The molecule has 0 spiro atoms. The molecule has 3 aromatic rings. The van der Waals surface area contributed by atoms with E-state index in [1.54, 1.807) is 14.2 Å². The first-order chi connectivity index (χ1) is 14.2. The Bertz CT molecular complexity index is 1140. The average molecular weight is 407 g/mol. The lowest BCUT2D eigenvalue weighted by Gasteiger charge is -2.08. The second kappa shape index (κ2) is 8.19. The van der Waals surface area contributed by atoms with Gasteiger partial charge in [-0.3, -0.25) is 15.5 Å². The molecule has 0 bridgehead atoms. The zero-order chi connectivity index (χ0) is 20.2. The van der Waals surface area contributed by atoms with Crippen molar-refractivity contribution in [3.8, 4) is 11.5 Å². The lowest BCUT2D eigenvalue weighted by Crippen LogP contribution is -2.20. The highest BCUT2D eigenvalue weighted by Crippen LogP contribution is 2.31. The van der Waals surface area contributed by atoms with Crippen LogP contribution in [-0.4, -0.2) is 35.3 Å². The molecule has 1 aliphatic heterocycles. The van der Waals surface area contributed by atoms with E-state index in [1.165, 1.54) is 6.33 Å². The Morgan fingerprint density at radius 2 is 1.93 bits per heavy atom. The highest BCUT2D eigenvalue weighted by atomic mass is 32.2. The number of nitrogens with one attached hydrogen (secondary N) is 2. The number of carbonyl (C=O) groups is 1. The summed E-state index contributed by atoms with van der Waals surface area (Å²) >= 11 is 1.07. The van der Waals surface area contributed by atoms with Gasteiger partial charge in [-0.05, 0) is 47.7 Å². The fourth-order valence-corrected chi connectivity index (χ4v) is 3.55. The summed E-state index contributed by atoms with van der Waals surface area (Å²) in [6.07, 6.45) is 3.32. The van der Waals surface area contributed by atoms with Crippen molar-refractivity contribution in [3.63, 3.8) is 0 Å². The van der Waals surface area contributed by atoms with Crippen LogP contribution in [0.5, 0.6) is 11.5 Å². The summed E-state index contributed by atoms with van der Waals surface area (Å²) in [5.41, 5.74) is 4.58. The fourth-order valence-electron chi connectivity index (χ4n) is 2.81. The summed E-state index contributed by atoms with van der Waals surface area (Å²) in [5, 5.41) is 7.72. The van der Waals surface area contributed by atoms with Gasteiger partial charge in [0.1, 0.15) is 6.33 Å². The molecular formula is C20H17N5O3S. The molecule has 2 aromatic carbocycles. The smallest absolute Gasteiger partial charge is 0.289 e. The molecule has 1 amide bonds. The molecule has 0 radical (unpaired) electrons. The number of fused-ring (bicyclic) bond motifs is 1. The highest BCUT2D eigenvalue weighted by Gasteiger charge is 2.24. The number of benzene rings is 2. The number of ether oxygens (including phenoxy) is 2. The predicted molar refractivity (Wildman–Crippen MR) is 114 cm³/mol. The Morgan fingerprint density at radius 1 is 1.10 bits per heavy atom. The number of hydrogen-bond acceptors (Lipinski definition) is 8. The number of amidine groups is 1. The van der Waals surface area contributed by atoms with Crippen LogP contribution in [0, 0.1) is 0 Å². The lowest BCUT2D eigenvalue weighted by molar-refractivity contribution is 0.265. The van der Waals surface area contributed by atoms with E-state index < -0.39 is 0 Å². The molecule has 1 saturated heterocycles. The van der Waals surface area contributed by atoms with Gasteiger partial charge in [-0.2, -0.15) is 5.10 Å². The first-order valence-electron chi connectivity index (χ1n) is 8.64. The Labute approximate surface area is 171 Å². The van der Waals surface area contributed by atoms with Crippen molar-refractivity contribution in [1.29, 1.82) is 0 Å². The van der Waals surface area contributed by atoms with Gasteiger partial charge in [0.2, 0.25) is 0 Å². The maximum absolute atomic E-state index is 11.9. The molecule has 9 heteroatoms. The molecule has 1 fully saturated rings. The number of rotatable bonds is 5. The number of thioether (sulfide) groups is 1. The maximum atomic E-state index is 11.9. The Balaban J connectivity index is 1.64. The minimum atomic E-state index is -0.204. The monoisotopic (exact) mass is 407 g/mol. The van der Waals surface area contributed by atoms with Gasteiger partial charge in [0.25, 0.3) is 5.24 Å². The standard InChI is InChI=1S/C20H17N5O3S/c1-27-15-8-7-12(9-16(15)28-2)10-17-19(23-20(26)29-17)25-24-18-13-5-3-4-6-14(13)21-11-22-18/h3-11H,1-2H3,(H,21,22,24)(H,23,25,26). The third-order valence-corrected chi connectivity index (χ3v) is 5.00. The van der Waals surface area contributed by atoms with Gasteiger partial charge in [0.15, 0.2) is 23.2 Å². The zero-order valence-corrected chi connectivity index (χ0v) is 16.5. The van der Waals surface area contributed by atoms with Gasteiger partial charge in [-0.15, -0.1) is 0 Å². The summed E-state index contributed by atoms with van der Waals surface area (Å²) in [6.45, 7) is 0. The van der Waals surface area contributed by atoms with E-state index in [2.05, 4.69) is 25.8 Å². The molecule has 1 aliphatic rings. The van der Waals surface area contributed by atoms with Gasteiger partial charge >= 0.3 is 0 Å². The quantitative estimate of drug-likeness (QED) is 0.620. The molecule has 1 aromatic heterocycles. The number of hydrazone groups is 1. The van der Waals surface area contributed by atoms with Crippen LogP contribution in [0.1, 0.15) is 5.56 Å². The SMILES string of the molecule is COc1ccc(C=C2SC(=O)NC2=NNc2ncnc3ccccc23)cc1OC. The minimum Gasteiger partial charge on any atom is -0.493 e.